The normalized spacial score (nSPS) is 12.0. The topological polar surface area (TPSA) is 116 Å². The summed E-state index contributed by atoms with van der Waals surface area (Å²) in [6.45, 7) is 3.27. The van der Waals surface area contributed by atoms with Crippen molar-refractivity contribution in [2.75, 3.05) is 13.1 Å². The summed E-state index contributed by atoms with van der Waals surface area (Å²) in [6, 6.07) is 7.52. The molecule has 26 heavy (non-hydrogen) atoms. The Hall–Kier alpha value is -2.05. The number of hydrogen-bond acceptors (Lipinski definition) is 5. The van der Waals surface area contributed by atoms with Crippen LogP contribution in [-0.4, -0.2) is 24.2 Å². The molecule has 0 saturated carbocycles. The Balaban J connectivity index is 0. The van der Waals surface area contributed by atoms with Gasteiger partial charge in [0.2, 0.25) is 0 Å². The molecule has 0 fully saturated rings. The lowest BCUT2D eigenvalue weighted by atomic mass is 10.0. The number of furan rings is 2. The minimum Gasteiger partial charge on any atom is -0.481 e. The standard InChI is InChI=1S/C9H13NO3.C9H15NO.2CH4/c10-6-7(5-9(11)12)4-8-2-1-3-13-8;1-2-8(7-10)6-9-4-3-5-11-9;;/h1-3,7H,4-6,10H2,(H,11,12);3-5,8H,2,6-7,10H2,1H3;2*1H4/t7-;8-;;/m01../s1. The Morgan fingerprint density at radius 1 is 1.00 bits per heavy atom. The van der Waals surface area contributed by atoms with Crippen molar-refractivity contribution in [1.29, 1.82) is 0 Å². The molecule has 6 heteroatoms. The van der Waals surface area contributed by atoms with Gasteiger partial charge in [0.1, 0.15) is 11.5 Å². The molecule has 6 nitrogen and oxygen atoms in total. The van der Waals surface area contributed by atoms with Gasteiger partial charge in [-0.05, 0) is 49.2 Å². The highest BCUT2D eigenvalue weighted by molar-refractivity contribution is 5.67. The van der Waals surface area contributed by atoms with Crippen LogP contribution >= 0.6 is 0 Å². The molecule has 0 aromatic carbocycles. The second kappa shape index (κ2) is 15.2. The molecule has 0 spiro atoms. The lowest BCUT2D eigenvalue weighted by Gasteiger charge is -2.09. The minimum absolute atomic E-state index is 0. The van der Waals surface area contributed by atoms with Gasteiger partial charge in [-0.15, -0.1) is 0 Å². The van der Waals surface area contributed by atoms with Crippen LogP contribution < -0.4 is 11.5 Å². The van der Waals surface area contributed by atoms with Crippen LogP contribution in [0.5, 0.6) is 0 Å². The smallest absolute Gasteiger partial charge is 0.303 e. The third-order valence-corrected chi connectivity index (χ3v) is 3.85. The van der Waals surface area contributed by atoms with Crippen LogP contribution in [0.4, 0.5) is 0 Å². The summed E-state index contributed by atoms with van der Waals surface area (Å²) in [4.78, 5) is 10.4. The zero-order valence-electron chi connectivity index (χ0n) is 14.2. The summed E-state index contributed by atoms with van der Waals surface area (Å²) in [6.07, 6.45) is 6.06. The van der Waals surface area contributed by atoms with Crippen LogP contribution in [0, 0.1) is 11.8 Å². The summed E-state index contributed by atoms with van der Waals surface area (Å²) < 4.78 is 10.3. The van der Waals surface area contributed by atoms with E-state index < -0.39 is 5.97 Å². The van der Waals surface area contributed by atoms with Gasteiger partial charge in [-0.2, -0.15) is 0 Å². The van der Waals surface area contributed by atoms with E-state index in [1.165, 1.54) is 0 Å². The van der Waals surface area contributed by atoms with Crippen molar-refractivity contribution in [3.63, 3.8) is 0 Å². The molecule has 0 aliphatic rings. The summed E-state index contributed by atoms with van der Waals surface area (Å²) in [5.41, 5.74) is 11.0. The van der Waals surface area contributed by atoms with E-state index in [1.807, 2.05) is 18.2 Å². The molecule has 0 amide bonds. The van der Waals surface area contributed by atoms with E-state index in [0.717, 1.165) is 30.9 Å². The van der Waals surface area contributed by atoms with Crippen LogP contribution in [-0.2, 0) is 17.6 Å². The zero-order valence-corrected chi connectivity index (χ0v) is 14.2. The van der Waals surface area contributed by atoms with Crippen molar-refractivity contribution in [3.05, 3.63) is 48.3 Å². The maximum Gasteiger partial charge on any atom is 0.303 e. The fraction of sp³-hybridized carbons (Fsp3) is 0.550. The molecule has 0 bridgehead atoms. The Labute approximate surface area is 157 Å². The molecule has 0 radical (unpaired) electrons. The van der Waals surface area contributed by atoms with Gasteiger partial charge in [0.25, 0.3) is 0 Å². The lowest BCUT2D eigenvalue weighted by Crippen LogP contribution is -2.20. The number of carbonyl (C=O) groups is 1. The Morgan fingerprint density at radius 2 is 1.46 bits per heavy atom. The van der Waals surface area contributed by atoms with Gasteiger partial charge < -0.3 is 25.4 Å². The van der Waals surface area contributed by atoms with Crippen molar-refractivity contribution >= 4 is 5.97 Å². The molecule has 150 valence electrons. The summed E-state index contributed by atoms with van der Waals surface area (Å²) in [5.74, 6) is 1.55. The third kappa shape index (κ3) is 10.7. The Morgan fingerprint density at radius 3 is 1.77 bits per heavy atom. The minimum atomic E-state index is -0.818. The predicted octanol–water partition coefficient (Wildman–Crippen LogP) is 3.95. The molecule has 2 aromatic heterocycles. The van der Waals surface area contributed by atoms with E-state index in [-0.39, 0.29) is 27.2 Å². The SMILES string of the molecule is C.C.CC[C@@H](CN)Cc1ccco1.NC[C@H](CC(=O)O)Cc1ccco1. The molecule has 5 N–H and O–H groups in total. The fourth-order valence-corrected chi connectivity index (χ4v) is 2.31. The second-order valence-corrected chi connectivity index (χ2v) is 5.78. The average molecular weight is 369 g/mol. The largest absolute Gasteiger partial charge is 0.481 e. The molecule has 2 atom stereocenters. The maximum absolute atomic E-state index is 10.4. The highest BCUT2D eigenvalue weighted by Gasteiger charge is 2.13. The average Bonchev–Trinajstić information content (AvgIpc) is 3.25. The first-order valence-corrected chi connectivity index (χ1v) is 8.25. The molecule has 2 heterocycles. The second-order valence-electron chi connectivity index (χ2n) is 5.78. The quantitative estimate of drug-likeness (QED) is 0.617. The van der Waals surface area contributed by atoms with Gasteiger partial charge >= 0.3 is 5.97 Å². The molecule has 0 unspecified atom stereocenters. The predicted molar refractivity (Wildman–Crippen MR) is 106 cm³/mol. The fourth-order valence-electron chi connectivity index (χ4n) is 2.31. The summed E-state index contributed by atoms with van der Waals surface area (Å²) in [7, 11) is 0. The van der Waals surface area contributed by atoms with Gasteiger partial charge in [-0.25, -0.2) is 0 Å². The van der Waals surface area contributed by atoms with E-state index in [9.17, 15) is 4.79 Å². The van der Waals surface area contributed by atoms with Crippen molar-refractivity contribution < 1.29 is 18.7 Å². The lowest BCUT2D eigenvalue weighted by molar-refractivity contribution is -0.138. The molecular weight excluding hydrogens is 332 g/mol. The molecule has 0 aliphatic heterocycles. The first kappa shape index (κ1) is 26.2. The maximum atomic E-state index is 10.4. The van der Waals surface area contributed by atoms with E-state index in [0.29, 0.717) is 18.9 Å². The summed E-state index contributed by atoms with van der Waals surface area (Å²) in [5, 5.41) is 8.56. The Kier molecular flexibility index (Phi) is 15.3. The molecular formula is C20H36N2O4. The van der Waals surface area contributed by atoms with Crippen LogP contribution in [0.1, 0.15) is 46.1 Å². The van der Waals surface area contributed by atoms with E-state index in [2.05, 4.69) is 6.92 Å². The number of carboxylic acids is 1. The first-order chi connectivity index (χ1) is 11.6. The summed E-state index contributed by atoms with van der Waals surface area (Å²) >= 11 is 0. The molecule has 0 saturated heterocycles. The van der Waals surface area contributed by atoms with Crippen molar-refractivity contribution in [3.8, 4) is 0 Å². The number of hydrogen-bond donors (Lipinski definition) is 3. The van der Waals surface area contributed by atoms with Crippen LogP contribution in [0.25, 0.3) is 0 Å². The zero-order chi connectivity index (χ0) is 17.8. The number of aliphatic carboxylic acids is 1. The monoisotopic (exact) mass is 368 g/mol. The van der Waals surface area contributed by atoms with Crippen LogP contribution in [0.3, 0.4) is 0 Å². The van der Waals surface area contributed by atoms with E-state index in [1.54, 1.807) is 18.6 Å². The molecule has 2 rings (SSSR count). The van der Waals surface area contributed by atoms with Crippen LogP contribution in [0.15, 0.2) is 45.6 Å². The van der Waals surface area contributed by atoms with Gasteiger partial charge in [-0.1, -0.05) is 28.2 Å². The highest BCUT2D eigenvalue weighted by atomic mass is 16.4. The van der Waals surface area contributed by atoms with Gasteiger partial charge in [-0.3, -0.25) is 4.79 Å². The number of nitrogens with two attached hydrogens (primary N) is 2. The highest BCUT2D eigenvalue weighted by Crippen LogP contribution is 2.12. The van der Waals surface area contributed by atoms with Gasteiger partial charge in [0.15, 0.2) is 0 Å². The Bertz CT molecular complexity index is 534. The number of rotatable bonds is 9. The third-order valence-electron chi connectivity index (χ3n) is 3.85. The van der Waals surface area contributed by atoms with Gasteiger partial charge in [0, 0.05) is 19.3 Å². The first-order valence-electron chi connectivity index (χ1n) is 8.25. The van der Waals surface area contributed by atoms with Crippen molar-refractivity contribution in [2.45, 2.75) is 47.5 Å². The molecule has 2 aromatic rings. The van der Waals surface area contributed by atoms with E-state index in [4.69, 9.17) is 25.4 Å². The van der Waals surface area contributed by atoms with Crippen molar-refractivity contribution in [2.24, 2.45) is 23.3 Å². The van der Waals surface area contributed by atoms with E-state index >= 15 is 0 Å². The van der Waals surface area contributed by atoms with Gasteiger partial charge in [0.05, 0.1) is 12.5 Å². The van der Waals surface area contributed by atoms with Crippen LogP contribution in [0.2, 0.25) is 0 Å². The molecule has 0 aliphatic carbocycles. The van der Waals surface area contributed by atoms with Crippen molar-refractivity contribution in [1.82, 2.24) is 0 Å². The number of carboxylic acid groups (broad SMARTS) is 1.